The Labute approximate surface area is 248 Å². The first-order valence-corrected chi connectivity index (χ1v) is 17.2. The number of ether oxygens (including phenoxy) is 4. The van der Waals surface area contributed by atoms with Gasteiger partial charge in [-0.15, -0.1) is 0 Å². The van der Waals surface area contributed by atoms with E-state index in [9.17, 15) is 8.42 Å². The van der Waals surface area contributed by atoms with Gasteiger partial charge in [0.15, 0.2) is 12.6 Å². The predicted molar refractivity (Wildman–Crippen MR) is 162 cm³/mol. The van der Waals surface area contributed by atoms with E-state index >= 15 is 0 Å². The molecule has 0 bridgehead atoms. The first kappa shape index (κ1) is 32.2. The van der Waals surface area contributed by atoms with Crippen LogP contribution >= 0.6 is 0 Å². The fourth-order valence-corrected chi connectivity index (χ4v) is 7.64. The summed E-state index contributed by atoms with van der Waals surface area (Å²) < 4.78 is 51.9. The molecule has 0 aromatic heterocycles. The molecule has 228 valence electrons. The highest BCUT2D eigenvalue weighted by Crippen LogP contribution is 2.31. The standard InChI is InChI=1S/C34H50O6S/c1-25-17-19-31(29(23-25)13-9-11-27(3)39-33-15-5-7-21-37-33)41(35,36)32-20-18-26(2)24-30(32)14-10-12-28(4)40-34-16-6-8-22-38-34/h17-20,23-24,27-28,33-34H,5-16,21-22H2,1-4H3. The highest BCUT2D eigenvalue weighted by molar-refractivity contribution is 7.91. The Balaban J connectivity index is 1.41. The number of rotatable bonds is 14. The molecule has 2 aliphatic rings. The maximum atomic E-state index is 14.1. The molecule has 2 aromatic carbocycles. The Bertz CT molecular complexity index is 1110. The number of benzene rings is 2. The molecule has 41 heavy (non-hydrogen) atoms. The lowest BCUT2D eigenvalue weighted by molar-refractivity contribution is -0.185. The molecule has 0 N–H and O–H groups in total. The number of aryl methyl sites for hydroxylation is 4. The first-order chi connectivity index (χ1) is 19.7. The predicted octanol–water partition coefficient (Wildman–Crippen LogP) is 7.65. The van der Waals surface area contributed by atoms with Gasteiger partial charge in [-0.1, -0.05) is 35.4 Å². The molecule has 2 saturated heterocycles. The Kier molecular flexibility index (Phi) is 12.3. The molecule has 4 unspecified atom stereocenters. The topological polar surface area (TPSA) is 71.1 Å². The SMILES string of the molecule is Cc1ccc(S(=O)(=O)c2ccc(C)cc2CCCC(C)OC2CCCCO2)c(CCCC(C)OC2CCCCO2)c1. The van der Waals surface area contributed by atoms with Crippen LogP contribution in [0, 0.1) is 13.8 Å². The van der Waals surface area contributed by atoms with Crippen LogP contribution in [0.15, 0.2) is 46.2 Å². The van der Waals surface area contributed by atoms with Crippen molar-refractivity contribution in [3.8, 4) is 0 Å². The highest BCUT2D eigenvalue weighted by atomic mass is 32.2. The quantitative estimate of drug-likeness (QED) is 0.227. The second-order valence-electron chi connectivity index (χ2n) is 12.0. The lowest BCUT2D eigenvalue weighted by Gasteiger charge is -2.26. The molecule has 0 spiro atoms. The van der Waals surface area contributed by atoms with Crippen LogP contribution in [0.5, 0.6) is 0 Å². The summed E-state index contributed by atoms with van der Waals surface area (Å²) in [5.74, 6) is 0. The van der Waals surface area contributed by atoms with Crippen molar-refractivity contribution >= 4 is 9.84 Å². The van der Waals surface area contributed by atoms with Gasteiger partial charge in [0.05, 0.1) is 22.0 Å². The van der Waals surface area contributed by atoms with Crippen LogP contribution < -0.4 is 0 Å². The van der Waals surface area contributed by atoms with Crippen LogP contribution in [-0.4, -0.2) is 46.4 Å². The van der Waals surface area contributed by atoms with E-state index in [1.807, 2.05) is 38.1 Å². The average Bonchev–Trinajstić information content (AvgIpc) is 2.94. The van der Waals surface area contributed by atoms with Gasteiger partial charge in [-0.2, -0.15) is 0 Å². The number of hydrogen-bond acceptors (Lipinski definition) is 6. The van der Waals surface area contributed by atoms with Crippen LogP contribution in [-0.2, 0) is 41.6 Å². The van der Waals surface area contributed by atoms with E-state index < -0.39 is 9.84 Å². The van der Waals surface area contributed by atoms with Crippen molar-refractivity contribution in [3.63, 3.8) is 0 Å². The van der Waals surface area contributed by atoms with Crippen molar-refractivity contribution in [2.45, 2.75) is 139 Å². The summed E-state index contributed by atoms with van der Waals surface area (Å²) in [4.78, 5) is 0.840. The second-order valence-corrected chi connectivity index (χ2v) is 13.9. The molecule has 7 heteroatoms. The zero-order valence-corrected chi connectivity index (χ0v) is 26.3. The molecule has 2 fully saturated rings. The van der Waals surface area contributed by atoms with Gasteiger partial charge in [-0.25, -0.2) is 8.42 Å². The van der Waals surface area contributed by atoms with E-state index in [1.54, 1.807) is 12.1 Å². The van der Waals surface area contributed by atoms with Crippen molar-refractivity contribution < 1.29 is 27.4 Å². The number of sulfone groups is 1. The molecule has 6 nitrogen and oxygen atoms in total. The van der Waals surface area contributed by atoms with Gasteiger partial charge in [0, 0.05) is 13.2 Å². The fraction of sp³-hybridized carbons (Fsp3) is 0.647. The molecule has 0 amide bonds. The maximum absolute atomic E-state index is 14.1. The summed E-state index contributed by atoms with van der Waals surface area (Å²) in [6.45, 7) is 9.74. The lowest BCUT2D eigenvalue weighted by atomic mass is 10.0. The van der Waals surface area contributed by atoms with Crippen molar-refractivity contribution in [1.29, 1.82) is 0 Å². The van der Waals surface area contributed by atoms with E-state index in [2.05, 4.69) is 13.8 Å². The molecule has 0 radical (unpaired) electrons. The molecule has 2 heterocycles. The Hall–Kier alpha value is -1.77. The molecule has 0 aliphatic carbocycles. The van der Waals surface area contributed by atoms with E-state index in [1.165, 1.54) is 0 Å². The summed E-state index contributed by atoms with van der Waals surface area (Å²) in [6.07, 6.45) is 11.1. The van der Waals surface area contributed by atoms with E-state index in [-0.39, 0.29) is 24.8 Å². The van der Waals surface area contributed by atoms with Crippen LogP contribution in [0.2, 0.25) is 0 Å². The minimum Gasteiger partial charge on any atom is -0.353 e. The highest BCUT2D eigenvalue weighted by Gasteiger charge is 2.25. The third-order valence-corrected chi connectivity index (χ3v) is 10.1. The van der Waals surface area contributed by atoms with Gasteiger partial charge >= 0.3 is 0 Å². The van der Waals surface area contributed by atoms with Crippen LogP contribution in [0.25, 0.3) is 0 Å². The minimum absolute atomic E-state index is 0.0720. The molecule has 0 saturated carbocycles. The van der Waals surface area contributed by atoms with Gasteiger partial charge in [0.1, 0.15) is 0 Å². The molecule has 4 atom stereocenters. The van der Waals surface area contributed by atoms with E-state index in [0.29, 0.717) is 22.6 Å². The minimum atomic E-state index is -3.68. The molecular formula is C34H50O6S. The number of hydrogen-bond donors (Lipinski definition) is 0. The molecule has 4 rings (SSSR count). The van der Waals surface area contributed by atoms with Crippen molar-refractivity contribution in [2.24, 2.45) is 0 Å². The van der Waals surface area contributed by atoms with Crippen LogP contribution in [0.1, 0.15) is 100 Å². The van der Waals surface area contributed by atoms with Crippen molar-refractivity contribution in [3.05, 3.63) is 58.7 Å². The molecule has 2 aromatic rings. The second kappa shape index (κ2) is 15.6. The van der Waals surface area contributed by atoms with E-state index in [0.717, 1.165) is 99.7 Å². The normalized spacial score (nSPS) is 21.5. The lowest BCUT2D eigenvalue weighted by Crippen LogP contribution is -2.26. The Morgan fingerprint density at radius 3 is 1.56 bits per heavy atom. The van der Waals surface area contributed by atoms with Gasteiger partial charge < -0.3 is 18.9 Å². The van der Waals surface area contributed by atoms with Crippen molar-refractivity contribution in [2.75, 3.05) is 13.2 Å². The molecule has 2 aliphatic heterocycles. The zero-order chi connectivity index (χ0) is 29.2. The zero-order valence-electron chi connectivity index (χ0n) is 25.5. The van der Waals surface area contributed by atoms with Crippen LogP contribution in [0.4, 0.5) is 0 Å². The van der Waals surface area contributed by atoms with Gasteiger partial charge in [0.25, 0.3) is 0 Å². The largest absolute Gasteiger partial charge is 0.353 e. The summed E-state index contributed by atoms with van der Waals surface area (Å²) in [7, 11) is -3.68. The van der Waals surface area contributed by atoms with Gasteiger partial charge in [0.2, 0.25) is 9.84 Å². The van der Waals surface area contributed by atoms with Gasteiger partial charge in [-0.3, -0.25) is 0 Å². The summed E-state index contributed by atoms with van der Waals surface area (Å²) in [5, 5.41) is 0. The summed E-state index contributed by atoms with van der Waals surface area (Å²) in [5.41, 5.74) is 3.90. The smallest absolute Gasteiger partial charge is 0.207 e. The van der Waals surface area contributed by atoms with Crippen molar-refractivity contribution in [1.82, 2.24) is 0 Å². The van der Waals surface area contributed by atoms with Gasteiger partial charge in [-0.05, 0) is 128 Å². The monoisotopic (exact) mass is 586 g/mol. The van der Waals surface area contributed by atoms with E-state index in [4.69, 9.17) is 18.9 Å². The summed E-state index contributed by atoms with van der Waals surface area (Å²) >= 11 is 0. The Morgan fingerprint density at radius 2 is 1.17 bits per heavy atom. The third kappa shape index (κ3) is 9.62. The fourth-order valence-electron chi connectivity index (χ4n) is 5.90. The first-order valence-electron chi connectivity index (χ1n) is 15.7. The molecular weight excluding hydrogens is 536 g/mol. The average molecular weight is 587 g/mol. The maximum Gasteiger partial charge on any atom is 0.207 e. The third-order valence-electron chi connectivity index (χ3n) is 8.17. The summed E-state index contributed by atoms with van der Waals surface area (Å²) in [6, 6.07) is 11.5. The Morgan fingerprint density at radius 1 is 0.732 bits per heavy atom. The van der Waals surface area contributed by atoms with Crippen LogP contribution in [0.3, 0.4) is 0 Å².